The van der Waals surface area contributed by atoms with Crippen LogP contribution in [0.2, 0.25) is 0 Å². The summed E-state index contributed by atoms with van der Waals surface area (Å²) in [4.78, 5) is 7.12. The third-order valence-electron chi connectivity index (χ3n) is 4.84. The molecule has 1 aliphatic rings. The Bertz CT molecular complexity index is 864. The van der Waals surface area contributed by atoms with Gasteiger partial charge < -0.3 is 5.32 Å². The summed E-state index contributed by atoms with van der Waals surface area (Å²) in [6, 6.07) is 13.3. The summed E-state index contributed by atoms with van der Waals surface area (Å²) in [6.45, 7) is 3.54. The molecule has 3 nitrogen and oxygen atoms in total. The third kappa shape index (κ3) is 4.00. The maximum atomic E-state index is 13.0. The molecule has 0 aliphatic carbocycles. The van der Waals surface area contributed by atoms with Crippen LogP contribution in [-0.2, 0) is 6.18 Å². The van der Waals surface area contributed by atoms with Crippen molar-refractivity contribution in [2.75, 3.05) is 26.2 Å². The first-order valence-electron chi connectivity index (χ1n) is 9.00. The SMILES string of the molecule is FC(F)(F)c1ccc(C(c2nc3ccccc3s2)N2CCCNCC2)cc1. The summed E-state index contributed by atoms with van der Waals surface area (Å²) in [6.07, 6.45) is -3.32. The Hall–Kier alpha value is -1.96. The normalized spacial score (nSPS) is 17.7. The molecule has 4 rings (SSSR count). The van der Waals surface area contributed by atoms with Crippen molar-refractivity contribution in [3.05, 3.63) is 64.7 Å². The average Bonchev–Trinajstić information content (AvgIpc) is 2.89. The van der Waals surface area contributed by atoms with E-state index in [0.717, 1.165) is 53.4 Å². The maximum Gasteiger partial charge on any atom is 0.416 e. The second-order valence-corrected chi connectivity index (χ2v) is 7.74. The highest BCUT2D eigenvalue weighted by atomic mass is 32.1. The zero-order chi connectivity index (χ0) is 18.9. The highest BCUT2D eigenvalue weighted by Crippen LogP contribution is 2.36. The summed E-state index contributed by atoms with van der Waals surface area (Å²) < 4.78 is 40.0. The molecule has 142 valence electrons. The topological polar surface area (TPSA) is 28.2 Å². The van der Waals surface area contributed by atoms with E-state index in [1.807, 2.05) is 24.3 Å². The molecule has 0 spiro atoms. The second kappa shape index (κ2) is 7.58. The molecule has 1 N–H and O–H groups in total. The molecular formula is C20H20F3N3S. The first kappa shape index (κ1) is 18.4. The molecule has 0 radical (unpaired) electrons. The number of para-hydroxylation sites is 1. The summed E-state index contributed by atoms with van der Waals surface area (Å²) in [5.74, 6) is 0. The van der Waals surface area contributed by atoms with Crippen LogP contribution in [0.4, 0.5) is 13.2 Å². The van der Waals surface area contributed by atoms with Crippen molar-refractivity contribution < 1.29 is 13.2 Å². The Morgan fingerprint density at radius 1 is 1.00 bits per heavy atom. The van der Waals surface area contributed by atoms with Gasteiger partial charge in [-0.2, -0.15) is 13.2 Å². The molecule has 27 heavy (non-hydrogen) atoms. The number of alkyl halides is 3. The van der Waals surface area contributed by atoms with Crippen LogP contribution < -0.4 is 5.32 Å². The Labute approximate surface area is 159 Å². The third-order valence-corrected chi connectivity index (χ3v) is 5.93. The largest absolute Gasteiger partial charge is 0.416 e. The van der Waals surface area contributed by atoms with E-state index in [4.69, 9.17) is 4.98 Å². The van der Waals surface area contributed by atoms with Gasteiger partial charge in [0.2, 0.25) is 0 Å². The molecule has 2 aromatic carbocycles. The minimum Gasteiger partial charge on any atom is -0.315 e. The number of nitrogens with one attached hydrogen (secondary N) is 1. The molecule has 1 fully saturated rings. The molecule has 0 amide bonds. The molecule has 0 saturated carbocycles. The standard InChI is InChI=1S/C20H20F3N3S/c21-20(22,23)15-8-6-14(7-9-15)18(26-12-3-10-24-11-13-26)19-25-16-4-1-2-5-17(16)27-19/h1-2,4-9,18,24H,3,10-13H2. The smallest absolute Gasteiger partial charge is 0.315 e. The van der Waals surface area contributed by atoms with Crippen molar-refractivity contribution in [2.45, 2.75) is 18.6 Å². The molecule has 1 aliphatic heterocycles. The molecule has 0 bridgehead atoms. The highest BCUT2D eigenvalue weighted by molar-refractivity contribution is 7.18. The molecule has 1 aromatic heterocycles. The number of halogens is 3. The summed E-state index contributed by atoms with van der Waals surface area (Å²) in [5, 5.41) is 4.31. The van der Waals surface area contributed by atoms with Crippen LogP contribution in [0.15, 0.2) is 48.5 Å². The van der Waals surface area contributed by atoms with Gasteiger partial charge in [-0.05, 0) is 42.8 Å². The summed E-state index contributed by atoms with van der Waals surface area (Å²) in [5.41, 5.74) is 1.16. The van der Waals surface area contributed by atoms with Gasteiger partial charge in [0.05, 0.1) is 21.8 Å². The van der Waals surface area contributed by atoms with Gasteiger partial charge in [0.25, 0.3) is 0 Å². The van der Waals surface area contributed by atoms with Crippen LogP contribution in [-0.4, -0.2) is 36.1 Å². The van der Waals surface area contributed by atoms with E-state index in [1.165, 1.54) is 12.1 Å². The number of fused-ring (bicyclic) bond motifs is 1. The fraction of sp³-hybridized carbons (Fsp3) is 0.350. The van der Waals surface area contributed by atoms with Crippen LogP contribution in [0.5, 0.6) is 0 Å². The first-order valence-corrected chi connectivity index (χ1v) is 9.81. The monoisotopic (exact) mass is 391 g/mol. The zero-order valence-corrected chi connectivity index (χ0v) is 15.5. The molecular weight excluding hydrogens is 371 g/mol. The predicted molar refractivity (Wildman–Crippen MR) is 102 cm³/mol. The van der Waals surface area contributed by atoms with Crippen LogP contribution in [0, 0.1) is 0 Å². The second-order valence-electron chi connectivity index (χ2n) is 6.68. The van der Waals surface area contributed by atoms with E-state index >= 15 is 0 Å². The van der Waals surface area contributed by atoms with Gasteiger partial charge in [-0.3, -0.25) is 4.90 Å². The fourth-order valence-electron chi connectivity index (χ4n) is 3.50. The highest BCUT2D eigenvalue weighted by Gasteiger charge is 2.31. The van der Waals surface area contributed by atoms with Crippen LogP contribution in [0.1, 0.15) is 28.6 Å². The van der Waals surface area contributed by atoms with Crippen LogP contribution in [0.3, 0.4) is 0 Å². The lowest BCUT2D eigenvalue weighted by Crippen LogP contribution is -2.33. The van der Waals surface area contributed by atoms with Gasteiger partial charge in [0.1, 0.15) is 5.01 Å². The maximum absolute atomic E-state index is 13.0. The van der Waals surface area contributed by atoms with Gasteiger partial charge in [-0.15, -0.1) is 11.3 Å². The van der Waals surface area contributed by atoms with Gasteiger partial charge in [0.15, 0.2) is 0 Å². The van der Waals surface area contributed by atoms with E-state index in [0.29, 0.717) is 0 Å². The van der Waals surface area contributed by atoms with Crippen molar-refractivity contribution in [1.29, 1.82) is 0 Å². The van der Waals surface area contributed by atoms with Crippen LogP contribution in [0.25, 0.3) is 10.2 Å². The summed E-state index contributed by atoms with van der Waals surface area (Å²) >= 11 is 1.62. The quantitative estimate of drug-likeness (QED) is 0.702. The van der Waals surface area contributed by atoms with E-state index in [1.54, 1.807) is 23.5 Å². The van der Waals surface area contributed by atoms with E-state index in [2.05, 4.69) is 10.2 Å². The van der Waals surface area contributed by atoms with Crippen molar-refractivity contribution in [1.82, 2.24) is 15.2 Å². The number of hydrogen-bond donors (Lipinski definition) is 1. The van der Waals surface area contributed by atoms with Gasteiger partial charge in [-0.1, -0.05) is 24.3 Å². The van der Waals surface area contributed by atoms with Crippen molar-refractivity contribution in [2.24, 2.45) is 0 Å². The zero-order valence-electron chi connectivity index (χ0n) is 14.7. The summed E-state index contributed by atoms with van der Waals surface area (Å²) in [7, 11) is 0. The molecule has 3 aromatic rings. The molecule has 2 heterocycles. The van der Waals surface area contributed by atoms with Gasteiger partial charge in [-0.25, -0.2) is 4.98 Å². The van der Waals surface area contributed by atoms with E-state index in [9.17, 15) is 13.2 Å². The minimum atomic E-state index is -4.32. The Morgan fingerprint density at radius 2 is 1.78 bits per heavy atom. The lowest BCUT2D eigenvalue weighted by atomic mass is 10.0. The van der Waals surface area contributed by atoms with E-state index in [-0.39, 0.29) is 6.04 Å². The average molecular weight is 391 g/mol. The number of nitrogens with zero attached hydrogens (tertiary/aromatic N) is 2. The van der Waals surface area contributed by atoms with Gasteiger partial charge in [0, 0.05) is 19.6 Å². The lowest BCUT2D eigenvalue weighted by Gasteiger charge is -2.29. The lowest BCUT2D eigenvalue weighted by molar-refractivity contribution is -0.137. The minimum absolute atomic E-state index is 0.135. The first-order chi connectivity index (χ1) is 13.0. The van der Waals surface area contributed by atoms with Crippen molar-refractivity contribution in [3.8, 4) is 0 Å². The van der Waals surface area contributed by atoms with Gasteiger partial charge >= 0.3 is 6.18 Å². The number of benzene rings is 2. The Kier molecular flexibility index (Phi) is 5.16. The number of rotatable bonds is 3. The number of thiazole rings is 1. The van der Waals surface area contributed by atoms with Crippen molar-refractivity contribution >= 4 is 21.6 Å². The Balaban J connectivity index is 1.75. The van der Waals surface area contributed by atoms with E-state index < -0.39 is 11.7 Å². The number of hydrogen-bond acceptors (Lipinski definition) is 4. The van der Waals surface area contributed by atoms with Crippen LogP contribution >= 0.6 is 11.3 Å². The predicted octanol–water partition coefficient (Wildman–Crippen LogP) is 4.70. The fourth-order valence-corrected chi connectivity index (χ4v) is 4.63. The Morgan fingerprint density at radius 3 is 2.52 bits per heavy atom. The molecule has 1 saturated heterocycles. The molecule has 7 heteroatoms. The number of aromatic nitrogens is 1. The molecule has 1 atom stereocenters. The molecule has 1 unspecified atom stereocenters. The van der Waals surface area contributed by atoms with Crippen molar-refractivity contribution in [3.63, 3.8) is 0 Å².